The molecular weight excluding hydrogens is 373 g/mol. The summed E-state index contributed by atoms with van der Waals surface area (Å²) in [5, 5.41) is 2.38. The Hall–Kier alpha value is -1.22. The number of anilines is 1. The lowest BCUT2D eigenvalue weighted by Crippen LogP contribution is -2.16. The van der Waals surface area contributed by atoms with Crippen LogP contribution in [-0.2, 0) is 15.8 Å². The molecule has 9 heteroatoms. The molecular formula is C12H12BrF3N2O2S. The maximum atomic E-state index is 12.7. The van der Waals surface area contributed by atoms with Gasteiger partial charge in [0.25, 0.3) is 0 Å². The summed E-state index contributed by atoms with van der Waals surface area (Å²) in [7, 11) is 0. The Morgan fingerprint density at radius 2 is 2.00 bits per heavy atom. The normalized spacial score (nSPS) is 11.2. The Morgan fingerprint density at radius 3 is 2.57 bits per heavy atom. The van der Waals surface area contributed by atoms with Gasteiger partial charge < -0.3 is 11.1 Å². The van der Waals surface area contributed by atoms with Crippen molar-refractivity contribution in [1.29, 1.82) is 0 Å². The number of hydrogen-bond acceptors (Lipinski definition) is 3. The van der Waals surface area contributed by atoms with Gasteiger partial charge in [-0.15, -0.1) is 0 Å². The number of thioether (sulfide) groups is 1. The van der Waals surface area contributed by atoms with Crippen molar-refractivity contribution in [3.05, 3.63) is 28.2 Å². The smallest absolute Gasteiger partial charge is 0.369 e. The molecule has 0 aliphatic rings. The third-order valence-electron chi connectivity index (χ3n) is 2.27. The highest BCUT2D eigenvalue weighted by Crippen LogP contribution is 2.36. The molecule has 1 aromatic rings. The summed E-state index contributed by atoms with van der Waals surface area (Å²) in [4.78, 5) is 22.1. The standard InChI is InChI=1S/C12H12BrF3N2O2S/c13-9-2-1-7(5-8(9)12(14,15)16)18-11(20)3-4-21-6-10(17)19/h1-2,5H,3-4,6H2,(H2,17,19)(H,18,20). The van der Waals surface area contributed by atoms with E-state index in [0.29, 0.717) is 5.75 Å². The van der Waals surface area contributed by atoms with Crippen LogP contribution in [0, 0.1) is 0 Å². The number of carbonyl (C=O) groups is 2. The zero-order chi connectivity index (χ0) is 16.0. The SMILES string of the molecule is NC(=O)CSCCC(=O)Nc1ccc(Br)c(C(F)(F)F)c1. The molecule has 116 valence electrons. The number of alkyl halides is 3. The Bertz CT molecular complexity index is 538. The number of hydrogen-bond donors (Lipinski definition) is 2. The summed E-state index contributed by atoms with van der Waals surface area (Å²) in [6, 6.07) is 3.45. The number of benzene rings is 1. The quantitative estimate of drug-likeness (QED) is 0.740. The van der Waals surface area contributed by atoms with E-state index in [1.165, 1.54) is 23.9 Å². The Labute approximate surface area is 131 Å². The zero-order valence-electron chi connectivity index (χ0n) is 10.7. The Kier molecular flexibility index (Phi) is 6.53. The first kappa shape index (κ1) is 17.8. The molecule has 0 saturated carbocycles. The first-order valence-corrected chi connectivity index (χ1v) is 7.67. The van der Waals surface area contributed by atoms with Crippen LogP contribution < -0.4 is 11.1 Å². The molecule has 0 bridgehead atoms. The highest BCUT2D eigenvalue weighted by molar-refractivity contribution is 9.10. The van der Waals surface area contributed by atoms with Crippen molar-refractivity contribution >= 4 is 45.2 Å². The number of primary amides is 1. The maximum absolute atomic E-state index is 12.7. The van der Waals surface area contributed by atoms with Crippen molar-refractivity contribution in [2.75, 3.05) is 16.8 Å². The van der Waals surface area contributed by atoms with E-state index < -0.39 is 23.6 Å². The fourth-order valence-electron chi connectivity index (χ4n) is 1.38. The number of nitrogens with two attached hydrogens (primary N) is 1. The van der Waals surface area contributed by atoms with E-state index in [9.17, 15) is 22.8 Å². The van der Waals surface area contributed by atoms with Crippen molar-refractivity contribution < 1.29 is 22.8 Å². The van der Waals surface area contributed by atoms with Gasteiger partial charge in [0.2, 0.25) is 11.8 Å². The van der Waals surface area contributed by atoms with Crippen molar-refractivity contribution in [2.45, 2.75) is 12.6 Å². The molecule has 2 amide bonds. The van der Waals surface area contributed by atoms with Gasteiger partial charge in [-0.2, -0.15) is 24.9 Å². The average Bonchev–Trinajstić information content (AvgIpc) is 2.35. The van der Waals surface area contributed by atoms with Crippen molar-refractivity contribution in [3.63, 3.8) is 0 Å². The molecule has 1 aromatic carbocycles. The third-order valence-corrected chi connectivity index (χ3v) is 3.95. The Balaban J connectivity index is 2.59. The van der Waals surface area contributed by atoms with Gasteiger partial charge >= 0.3 is 6.18 Å². The highest BCUT2D eigenvalue weighted by Gasteiger charge is 2.33. The number of carbonyl (C=O) groups excluding carboxylic acids is 2. The summed E-state index contributed by atoms with van der Waals surface area (Å²) in [5.74, 6) is -0.452. The third kappa shape index (κ3) is 6.38. The molecule has 0 aliphatic carbocycles. The van der Waals surface area contributed by atoms with E-state index >= 15 is 0 Å². The number of halogens is 4. The molecule has 0 aliphatic heterocycles. The van der Waals surface area contributed by atoms with E-state index in [4.69, 9.17) is 5.73 Å². The van der Waals surface area contributed by atoms with Gasteiger partial charge in [0.15, 0.2) is 0 Å². The van der Waals surface area contributed by atoms with Gasteiger partial charge in [-0.25, -0.2) is 0 Å². The van der Waals surface area contributed by atoms with Gasteiger partial charge in [-0.1, -0.05) is 15.9 Å². The van der Waals surface area contributed by atoms with Crippen LogP contribution in [-0.4, -0.2) is 23.3 Å². The molecule has 0 aromatic heterocycles. The molecule has 4 nitrogen and oxygen atoms in total. The molecule has 0 saturated heterocycles. The van der Waals surface area contributed by atoms with Gasteiger partial charge in [-0.05, 0) is 18.2 Å². The molecule has 3 N–H and O–H groups in total. The average molecular weight is 385 g/mol. The second kappa shape index (κ2) is 7.69. The van der Waals surface area contributed by atoms with Crippen molar-refractivity contribution in [2.24, 2.45) is 5.73 Å². The molecule has 0 spiro atoms. The van der Waals surface area contributed by atoms with E-state index in [-0.39, 0.29) is 22.3 Å². The lowest BCUT2D eigenvalue weighted by Gasteiger charge is -2.12. The van der Waals surface area contributed by atoms with Gasteiger partial charge in [0.05, 0.1) is 11.3 Å². The van der Waals surface area contributed by atoms with Crippen LogP contribution in [0.25, 0.3) is 0 Å². The lowest BCUT2D eigenvalue weighted by atomic mass is 10.2. The largest absolute Gasteiger partial charge is 0.417 e. The second-order valence-corrected chi connectivity index (χ2v) is 5.97. The minimum Gasteiger partial charge on any atom is -0.369 e. The van der Waals surface area contributed by atoms with Gasteiger partial charge in [0, 0.05) is 22.3 Å². The minimum atomic E-state index is -4.50. The van der Waals surface area contributed by atoms with Crippen LogP contribution in [0.3, 0.4) is 0 Å². The summed E-state index contributed by atoms with van der Waals surface area (Å²) >= 11 is 4.00. The van der Waals surface area contributed by atoms with E-state index in [1.807, 2.05) is 0 Å². The predicted molar refractivity (Wildman–Crippen MR) is 78.9 cm³/mol. The van der Waals surface area contributed by atoms with Crippen LogP contribution in [0.4, 0.5) is 18.9 Å². The van der Waals surface area contributed by atoms with Crippen LogP contribution in [0.15, 0.2) is 22.7 Å². The topological polar surface area (TPSA) is 72.2 Å². The summed E-state index contributed by atoms with van der Waals surface area (Å²) in [6.07, 6.45) is -4.42. The van der Waals surface area contributed by atoms with E-state index in [1.54, 1.807) is 0 Å². The lowest BCUT2D eigenvalue weighted by molar-refractivity contribution is -0.138. The summed E-state index contributed by atoms with van der Waals surface area (Å²) in [6.45, 7) is 0. The Morgan fingerprint density at radius 1 is 1.33 bits per heavy atom. The number of amides is 2. The first-order valence-electron chi connectivity index (χ1n) is 5.73. The number of rotatable bonds is 6. The maximum Gasteiger partial charge on any atom is 0.417 e. The van der Waals surface area contributed by atoms with Gasteiger partial charge in [0.1, 0.15) is 0 Å². The zero-order valence-corrected chi connectivity index (χ0v) is 13.1. The fraction of sp³-hybridized carbons (Fsp3) is 0.333. The number of nitrogens with one attached hydrogen (secondary N) is 1. The molecule has 21 heavy (non-hydrogen) atoms. The molecule has 0 unspecified atom stereocenters. The monoisotopic (exact) mass is 384 g/mol. The molecule has 0 atom stereocenters. The summed E-state index contributed by atoms with van der Waals surface area (Å²) in [5.41, 5.74) is 4.14. The summed E-state index contributed by atoms with van der Waals surface area (Å²) < 4.78 is 38.0. The molecule has 0 fully saturated rings. The van der Waals surface area contributed by atoms with E-state index in [0.717, 1.165) is 6.07 Å². The molecule has 1 rings (SSSR count). The van der Waals surface area contributed by atoms with Crippen molar-refractivity contribution in [3.8, 4) is 0 Å². The van der Waals surface area contributed by atoms with Gasteiger partial charge in [-0.3, -0.25) is 9.59 Å². The van der Waals surface area contributed by atoms with Crippen molar-refractivity contribution in [1.82, 2.24) is 0 Å². The molecule has 0 heterocycles. The van der Waals surface area contributed by atoms with Crippen LogP contribution >= 0.6 is 27.7 Å². The highest BCUT2D eigenvalue weighted by atomic mass is 79.9. The van der Waals surface area contributed by atoms with Crippen LogP contribution in [0.2, 0.25) is 0 Å². The van der Waals surface area contributed by atoms with Crippen LogP contribution in [0.5, 0.6) is 0 Å². The molecule has 0 radical (unpaired) electrons. The predicted octanol–water partition coefficient (Wildman–Crippen LogP) is 3.02. The second-order valence-electron chi connectivity index (χ2n) is 4.01. The van der Waals surface area contributed by atoms with E-state index in [2.05, 4.69) is 21.2 Å². The first-order chi connectivity index (χ1) is 9.70. The van der Waals surface area contributed by atoms with Crippen LogP contribution in [0.1, 0.15) is 12.0 Å². The fourth-order valence-corrected chi connectivity index (χ4v) is 2.53. The minimum absolute atomic E-state index is 0.0652.